The Morgan fingerprint density at radius 2 is 1.96 bits per heavy atom. The standard InChI is InChI=1S/C15H23N3O3S.ClH/c1-11(2)18-22(20,21)14-5-3-13(4-6-14)17-15(19)9-12-7-8-16-10-12;/h3-6,11-12,16,18H,7-10H2,1-2H3,(H,17,19);1H. The van der Waals surface area contributed by atoms with Crippen molar-refractivity contribution in [2.45, 2.75) is 37.6 Å². The second kappa shape index (κ2) is 8.63. The summed E-state index contributed by atoms with van der Waals surface area (Å²) < 4.78 is 26.5. The zero-order valence-electron chi connectivity index (χ0n) is 13.3. The molecule has 130 valence electrons. The molecule has 1 amide bonds. The minimum absolute atomic E-state index is 0. The molecule has 8 heteroatoms. The lowest BCUT2D eigenvalue weighted by molar-refractivity contribution is -0.116. The monoisotopic (exact) mass is 361 g/mol. The molecular weight excluding hydrogens is 338 g/mol. The van der Waals surface area contributed by atoms with Gasteiger partial charge < -0.3 is 10.6 Å². The number of carbonyl (C=O) groups excluding carboxylic acids is 1. The van der Waals surface area contributed by atoms with Gasteiger partial charge in [-0.15, -0.1) is 12.4 Å². The Morgan fingerprint density at radius 1 is 1.30 bits per heavy atom. The van der Waals surface area contributed by atoms with Gasteiger partial charge >= 0.3 is 0 Å². The van der Waals surface area contributed by atoms with Crippen LogP contribution in [-0.4, -0.2) is 33.5 Å². The molecule has 0 aliphatic carbocycles. The van der Waals surface area contributed by atoms with Crippen LogP contribution < -0.4 is 15.4 Å². The number of halogens is 1. The number of carbonyl (C=O) groups is 1. The van der Waals surface area contributed by atoms with Gasteiger partial charge in [0.15, 0.2) is 0 Å². The quantitative estimate of drug-likeness (QED) is 0.720. The predicted molar refractivity (Wildman–Crippen MR) is 93.4 cm³/mol. The maximum atomic E-state index is 12.0. The van der Waals surface area contributed by atoms with Gasteiger partial charge in [0.1, 0.15) is 0 Å². The Balaban J connectivity index is 0.00000264. The number of hydrogen-bond donors (Lipinski definition) is 3. The maximum absolute atomic E-state index is 12.0. The highest BCUT2D eigenvalue weighted by molar-refractivity contribution is 7.89. The molecule has 3 N–H and O–H groups in total. The van der Waals surface area contributed by atoms with Crippen LogP contribution in [0.2, 0.25) is 0 Å². The van der Waals surface area contributed by atoms with E-state index in [-0.39, 0.29) is 29.3 Å². The molecule has 0 radical (unpaired) electrons. The summed E-state index contributed by atoms with van der Waals surface area (Å²) in [5, 5.41) is 6.03. The van der Waals surface area contributed by atoms with Gasteiger partial charge in [0.25, 0.3) is 0 Å². The summed E-state index contributed by atoms with van der Waals surface area (Å²) in [5.41, 5.74) is 0.611. The van der Waals surface area contributed by atoms with Crippen molar-refractivity contribution >= 4 is 34.0 Å². The molecule has 0 saturated carbocycles. The molecule has 1 aromatic carbocycles. The Labute approximate surface area is 143 Å². The molecule has 1 fully saturated rings. The van der Waals surface area contributed by atoms with Gasteiger partial charge in [-0.05, 0) is 63.5 Å². The van der Waals surface area contributed by atoms with Crippen molar-refractivity contribution in [3.63, 3.8) is 0 Å². The Hall–Kier alpha value is -1.15. The highest BCUT2D eigenvalue weighted by Crippen LogP contribution is 2.17. The summed E-state index contributed by atoms with van der Waals surface area (Å²) >= 11 is 0. The maximum Gasteiger partial charge on any atom is 0.240 e. The minimum atomic E-state index is -3.49. The molecular formula is C15H24ClN3O3S. The van der Waals surface area contributed by atoms with E-state index >= 15 is 0 Å². The molecule has 1 aliphatic heterocycles. The second-order valence-electron chi connectivity index (χ2n) is 5.91. The number of amides is 1. The van der Waals surface area contributed by atoms with Crippen molar-refractivity contribution in [3.8, 4) is 0 Å². The Kier molecular flexibility index (Phi) is 7.47. The fraction of sp³-hybridized carbons (Fsp3) is 0.533. The summed E-state index contributed by atoms with van der Waals surface area (Å²) in [7, 11) is -3.49. The van der Waals surface area contributed by atoms with Crippen LogP contribution in [0.15, 0.2) is 29.2 Å². The first kappa shape index (κ1) is 19.9. The lowest BCUT2D eigenvalue weighted by atomic mass is 10.0. The summed E-state index contributed by atoms with van der Waals surface area (Å²) in [6.45, 7) is 5.38. The molecule has 0 spiro atoms. The number of hydrogen-bond acceptors (Lipinski definition) is 4. The van der Waals surface area contributed by atoms with Crippen molar-refractivity contribution in [1.29, 1.82) is 0 Å². The third-order valence-electron chi connectivity index (χ3n) is 3.48. The van der Waals surface area contributed by atoms with Gasteiger partial charge in [-0.3, -0.25) is 4.79 Å². The first-order chi connectivity index (χ1) is 10.4. The van der Waals surface area contributed by atoms with E-state index in [1.165, 1.54) is 12.1 Å². The number of sulfonamides is 1. The zero-order valence-corrected chi connectivity index (χ0v) is 15.0. The van der Waals surface area contributed by atoms with Gasteiger partial charge in [0.2, 0.25) is 15.9 Å². The summed E-state index contributed by atoms with van der Waals surface area (Å²) in [6.07, 6.45) is 1.51. The fourth-order valence-electron chi connectivity index (χ4n) is 2.46. The largest absolute Gasteiger partial charge is 0.326 e. The molecule has 1 aliphatic rings. The molecule has 1 atom stereocenters. The van der Waals surface area contributed by atoms with Crippen molar-refractivity contribution in [3.05, 3.63) is 24.3 Å². The smallest absolute Gasteiger partial charge is 0.240 e. The van der Waals surface area contributed by atoms with Gasteiger partial charge in [-0.2, -0.15) is 0 Å². The van der Waals surface area contributed by atoms with Crippen LogP contribution in [0.5, 0.6) is 0 Å². The number of anilines is 1. The number of rotatable bonds is 6. The van der Waals surface area contributed by atoms with E-state index in [4.69, 9.17) is 0 Å². The highest BCUT2D eigenvalue weighted by atomic mass is 35.5. The molecule has 23 heavy (non-hydrogen) atoms. The van der Waals surface area contributed by atoms with Crippen LogP contribution in [0.1, 0.15) is 26.7 Å². The summed E-state index contributed by atoms with van der Waals surface area (Å²) in [4.78, 5) is 12.1. The topological polar surface area (TPSA) is 87.3 Å². The van der Waals surface area contributed by atoms with Crippen LogP contribution in [0.3, 0.4) is 0 Å². The molecule has 2 rings (SSSR count). The van der Waals surface area contributed by atoms with E-state index in [0.29, 0.717) is 18.0 Å². The fourth-order valence-corrected chi connectivity index (χ4v) is 3.71. The number of benzene rings is 1. The SMILES string of the molecule is CC(C)NS(=O)(=O)c1ccc(NC(=O)CC2CCNC2)cc1.Cl. The van der Waals surface area contributed by atoms with E-state index in [0.717, 1.165) is 19.5 Å². The van der Waals surface area contributed by atoms with Crippen molar-refractivity contribution in [1.82, 2.24) is 10.0 Å². The second-order valence-corrected chi connectivity index (χ2v) is 7.63. The first-order valence-electron chi connectivity index (χ1n) is 7.50. The molecule has 6 nitrogen and oxygen atoms in total. The normalized spacial score (nSPS) is 17.8. The summed E-state index contributed by atoms with van der Waals surface area (Å²) in [6, 6.07) is 6.05. The van der Waals surface area contributed by atoms with E-state index in [1.807, 2.05) is 0 Å². The Bertz CT molecular complexity index is 611. The lowest BCUT2D eigenvalue weighted by Gasteiger charge is -2.11. The molecule has 0 bridgehead atoms. The average molecular weight is 362 g/mol. The zero-order chi connectivity index (χ0) is 16.2. The molecule has 1 unspecified atom stereocenters. The minimum Gasteiger partial charge on any atom is -0.326 e. The van der Waals surface area contributed by atoms with Crippen molar-refractivity contribution in [2.24, 2.45) is 5.92 Å². The van der Waals surface area contributed by atoms with Gasteiger partial charge in [-0.25, -0.2) is 13.1 Å². The molecule has 1 heterocycles. The predicted octanol–water partition coefficient (Wildman–Crippen LogP) is 1.73. The van der Waals surface area contributed by atoms with Crippen LogP contribution in [0, 0.1) is 5.92 Å². The van der Waals surface area contributed by atoms with Crippen molar-refractivity contribution < 1.29 is 13.2 Å². The van der Waals surface area contributed by atoms with E-state index in [1.54, 1.807) is 26.0 Å². The molecule has 1 aromatic rings. The van der Waals surface area contributed by atoms with Crippen LogP contribution in [0.4, 0.5) is 5.69 Å². The van der Waals surface area contributed by atoms with Gasteiger partial charge in [0.05, 0.1) is 4.90 Å². The average Bonchev–Trinajstić information content (AvgIpc) is 2.90. The first-order valence-corrected chi connectivity index (χ1v) is 8.98. The third kappa shape index (κ3) is 6.10. The molecule has 1 saturated heterocycles. The lowest BCUT2D eigenvalue weighted by Crippen LogP contribution is -2.30. The van der Waals surface area contributed by atoms with Crippen LogP contribution in [-0.2, 0) is 14.8 Å². The van der Waals surface area contributed by atoms with Crippen molar-refractivity contribution in [2.75, 3.05) is 18.4 Å². The van der Waals surface area contributed by atoms with E-state index in [2.05, 4.69) is 15.4 Å². The van der Waals surface area contributed by atoms with E-state index in [9.17, 15) is 13.2 Å². The summed E-state index contributed by atoms with van der Waals surface area (Å²) in [5.74, 6) is 0.347. The van der Waals surface area contributed by atoms with E-state index < -0.39 is 10.0 Å². The Morgan fingerprint density at radius 3 is 2.48 bits per heavy atom. The van der Waals surface area contributed by atoms with Gasteiger partial charge in [-0.1, -0.05) is 0 Å². The third-order valence-corrected chi connectivity index (χ3v) is 5.15. The van der Waals surface area contributed by atoms with Gasteiger partial charge in [0, 0.05) is 18.2 Å². The number of nitrogens with one attached hydrogen (secondary N) is 3. The molecule has 0 aromatic heterocycles. The highest BCUT2D eigenvalue weighted by Gasteiger charge is 2.18. The van der Waals surface area contributed by atoms with Crippen LogP contribution >= 0.6 is 12.4 Å². The van der Waals surface area contributed by atoms with Crippen LogP contribution in [0.25, 0.3) is 0 Å².